The molecule has 0 atom stereocenters. The summed E-state index contributed by atoms with van der Waals surface area (Å²) in [6.07, 6.45) is 6.77. The van der Waals surface area contributed by atoms with Crippen LogP contribution in [0, 0.1) is 5.92 Å². The highest BCUT2D eigenvalue weighted by Gasteiger charge is 2.31. The zero-order chi connectivity index (χ0) is 15.5. The van der Waals surface area contributed by atoms with Crippen LogP contribution >= 0.6 is 11.6 Å². The molecule has 0 unspecified atom stereocenters. The van der Waals surface area contributed by atoms with Crippen molar-refractivity contribution in [2.75, 3.05) is 26.2 Å². The van der Waals surface area contributed by atoms with Crippen LogP contribution in [0.2, 0.25) is 5.02 Å². The summed E-state index contributed by atoms with van der Waals surface area (Å²) in [5.74, 6) is 0.288. The van der Waals surface area contributed by atoms with E-state index in [4.69, 9.17) is 11.6 Å². The lowest BCUT2D eigenvalue weighted by Crippen LogP contribution is -2.43. The van der Waals surface area contributed by atoms with Crippen LogP contribution in [-0.2, 0) is 4.79 Å². The first kappa shape index (κ1) is 15.3. The van der Waals surface area contributed by atoms with Gasteiger partial charge in [-0.15, -0.1) is 0 Å². The first-order valence-corrected chi connectivity index (χ1v) is 8.21. The molecule has 0 N–H and O–H groups in total. The molecule has 0 bridgehead atoms. The van der Waals surface area contributed by atoms with Crippen molar-refractivity contribution in [3.8, 4) is 0 Å². The second kappa shape index (κ2) is 6.65. The summed E-state index contributed by atoms with van der Waals surface area (Å²) in [5.41, 5.74) is 0.511. The molecule has 0 radical (unpaired) electrons. The number of piperidine rings is 1. The van der Waals surface area contributed by atoms with Crippen molar-refractivity contribution in [3.05, 3.63) is 29.0 Å². The van der Waals surface area contributed by atoms with Crippen LogP contribution in [0.1, 0.15) is 36.0 Å². The van der Waals surface area contributed by atoms with E-state index in [-0.39, 0.29) is 17.7 Å². The molecule has 2 saturated heterocycles. The van der Waals surface area contributed by atoms with Gasteiger partial charge in [0.2, 0.25) is 5.91 Å². The number of nitrogens with zero attached hydrogens (tertiary/aromatic N) is 3. The second-order valence-electron chi connectivity index (χ2n) is 5.99. The van der Waals surface area contributed by atoms with E-state index in [9.17, 15) is 9.59 Å². The number of pyridine rings is 1. The third kappa shape index (κ3) is 3.24. The number of halogens is 1. The fourth-order valence-electron chi connectivity index (χ4n) is 3.24. The van der Waals surface area contributed by atoms with Crippen molar-refractivity contribution in [1.29, 1.82) is 0 Å². The normalized spacial score (nSPS) is 19.5. The fraction of sp³-hybridized carbons (Fsp3) is 0.562. The van der Waals surface area contributed by atoms with Gasteiger partial charge in [-0.3, -0.25) is 14.6 Å². The van der Waals surface area contributed by atoms with Crippen molar-refractivity contribution >= 4 is 23.4 Å². The van der Waals surface area contributed by atoms with Gasteiger partial charge in [0, 0.05) is 44.5 Å². The third-order valence-electron chi connectivity index (χ3n) is 4.50. The number of carbonyl (C=O) groups excluding carboxylic acids is 2. The molecule has 2 amide bonds. The Hall–Kier alpha value is -1.62. The van der Waals surface area contributed by atoms with Crippen molar-refractivity contribution in [2.24, 2.45) is 5.92 Å². The molecule has 5 nitrogen and oxygen atoms in total. The Morgan fingerprint density at radius 1 is 1.05 bits per heavy atom. The van der Waals surface area contributed by atoms with Crippen molar-refractivity contribution in [1.82, 2.24) is 14.8 Å². The molecule has 2 fully saturated rings. The van der Waals surface area contributed by atoms with Crippen LogP contribution in [0.15, 0.2) is 18.5 Å². The van der Waals surface area contributed by atoms with Crippen molar-refractivity contribution < 1.29 is 9.59 Å². The number of rotatable bonds is 2. The van der Waals surface area contributed by atoms with E-state index in [1.165, 1.54) is 12.4 Å². The van der Waals surface area contributed by atoms with Crippen LogP contribution in [-0.4, -0.2) is 52.8 Å². The number of aromatic nitrogens is 1. The summed E-state index contributed by atoms with van der Waals surface area (Å²) in [7, 11) is 0. The third-order valence-corrected chi connectivity index (χ3v) is 4.71. The minimum Gasteiger partial charge on any atom is -0.342 e. The van der Waals surface area contributed by atoms with Gasteiger partial charge in [0.05, 0.1) is 10.6 Å². The summed E-state index contributed by atoms with van der Waals surface area (Å²) in [4.78, 5) is 32.5. The minimum atomic E-state index is -0.0536. The second-order valence-corrected chi connectivity index (χ2v) is 6.43. The van der Waals surface area contributed by atoms with Crippen LogP contribution in [0.5, 0.6) is 0 Å². The largest absolute Gasteiger partial charge is 0.342 e. The Labute approximate surface area is 135 Å². The molecule has 6 heteroatoms. The molecule has 0 spiro atoms. The Morgan fingerprint density at radius 2 is 1.73 bits per heavy atom. The van der Waals surface area contributed by atoms with Crippen LogP contribution in [0.25, 0.3) is 0 Å². The molecule has 2 aliphatic heterocycles. The summed E-state index contributed by atoms with van der Waals surface area (Å²) in [6.45, 7) is 3.03. The van der Waals surface area contributed by atoms with Gasteiger partial charge in [-0.05, 0) is 31.7 Å². The molecule has 0 saturated carbocycles. The number of amides is 2. The van der Waals surface area contributed by atoms with E-state index in [0.29, 0.717) is 23.7 Å². The monoisotopic (exact) mass is 321 g/mol. The standard InChI is InChI=1S/C16H20ClN3O2/c17-14-9-13(10-18-11-14)16(22)20-7-3-12(4-8-20)15(21)19-5-1-2-6-19/h9-12H,1-8H2. The Bertz CT molecular complexity index is 564. The van der Waals surface area contributed by atoms with Gasteiger partial charge < -0.3 is 9.80 Å². The smallest absolute Gasteiger partial charge is 0.255 e. The van der Waals surface area contributed by atoms with Crippen LogP contribution < -0.4 is 0 Å². The number of hydrogen-bond acceptors (Lipinski definition) is 3. The highest BCUT2D eigenvalue weighted by Crippen LogP contribution is 2.23. The molecule has 0 aliphatic carbocycles. The van der Waals surface area contributed by atoms with Crippen molar-refractivity contribution in [2.45, 2.75) is 25.7 Å². The zero-order valence-electron chi connectivity index (χ0n) is 12.5. The zero-order valence-corrected chi connectivity index (χ0v) is 13.3. The predicted octanol–water partition coefficient (Wildman–Crippen LogP) is 2.21. The molecular weight excluding hydrogens is 302 g/mol. The molecule has 0 aromatic carbocycles. The van der Waals surface area contributed by atoms with E-state index >= 15 is 0 Å². The molecule has 3 rings (SSSR count). The predicted molar refractivity (Wildman–Crippen MR) is 83.7 cm³/mol. The maximum atomic E-state index is 12.4. The number of likely N-dealkylation sites (tertiary alicyclic amines) is 2. The fourth-order valence-corrected chi connectivity index (χ4v) is 3.41. The van der Waals surface area contributed by atoms with E-state index in [0.717, 1.165) is 38.8 Å². The van der Waals surface area contributed by atoms with Crippen LogP contribution in [0.4, 0.5) is 0 Å². The van der Waals surface area contributed by atoms with Gasteiger partial charge in [0.25, 0.3) is 5.91 Å². The van der Waals surface area contributed by atoms with Gasteiger partial charge in [-0.25, -0.2) is 0 Å². The number of hydrogen-bond donors (Lipinski definition) is 0. The molecule has 2 aliphatic rings. The van der Waals surface area contributed by atoms with Crippen LogP contribution in [0.3, 0.4) is 0 Å². The summed E-state index contributed by atoms with van der Waals surface area (Å²) in [6, 6.07) is 1.64. The maximum Gasteiger partial charge on any atom is 0.255 e. The average Bonchev–Trinajstić information content (AvgIpc) is 3.08. The van der Waals surface area contributed by atoms with E-state index in [1.54, 1.807) is 11.0 Å². The Morgan fingerprint density at radius 3 is 2.36 bits per heavy atom. The molecule has 3 heterocycles. The number of carbonyl (C=O) groups is 2. The Kier molecular flexibility index (Phi) is 4.62. The van der Waals surface area contributed by atoms with Crippen molar-refractivity contribution in [3.63, 3.8) is 0 Å². The highest BCUT2D eigenvalue weighted by molar-refractivity contribution is 6.30. The van der Waals surface area contributed by atoms with Gasteiger partial charge >= 0.3 is 0 Å². The van der Waals surface area contributed by atoms with E-state index in [2.05, 4.69) is 4.98 Å². The molecule has 1 aromatic rings. The minimum absolute atomic E-state index is 0.0536. The quantitative estimate of drug-likeness (QED) is 0.839. The highest BCUT2D eigenvalue weighted by atomic mass is 35.5. The average molecular weight is 322 g/mol. The topological polar surface area (TPSA) is 53.5 Å². The van der Waals surface area contributed by atoms with Gasteiger partial charge in [-0.2, -0.15) is 0 Å². The summed E-state index contributed by atoms with van der Waals surface area (Å²) in [5, 5.41) is 0.463. The summed E-state index contributed by atoms with van der Waals surface area (Å²) >= 11 is 5.88. The lowest BCUT2D eigenvalue weighted by atomic mass is 9.95. The molecule has 1 aromatic heterocycles. The Balaban J connectivity index is 1.57. The maximum absolute atomic E-state index is 12.4. The summed E-state index contributed by atoms with van der Waals surface area (Å²) < 4.78 is 0. The van der Waals surface area contributed by atoms with E-state index in [1.807, 2.05) is 4.90 Å². The van der Waals surface area contributed by atoms with Gasteiger partial charge in [-0.1, -0.05) is 11.6 Å². The lowest BCUT2D eigenvalue weighted by molar-refractivity contribution is -0.135. The lowest BCUT2D eigenvalue weighted by Gasteiger charge is -2.33. The first-order chi connectivity index (χ1) is 10.6. The first-order valence-electron chi connectivity index (χ1n) is 7.84. The molecule has 22 heavy (non-hydrogen) atoms. The van der Waals surface area contributed by atoms with Gasteiger partial charge in [0.1, 0.15) is 0 Å². The van der Waals surface area contributed by atoms with Gasteiger partial charge in [0.15, 0.2) is 0 Å². The van der Waals surface area contributed by atoms with E-state index < -0.39 is 0 Å². The molecule has 118 valence electrons. The molecular formula is C16H20ClN3O2. The SMILES string of the molecule is O=C(c1cncc(Cl)c1)N1CCC(C(=O)N2CCCC2)CC1.